The van der Waals surface area contributed by atoms with E-state index in [4.69, 9.17) is 14.6 Å². The number of nitrogens with zero attached hydrogens (tertiary/aromatic N) is 1. The van der Waals surface area contributed by atoms with E-state index in [0.29, 0.717) is 19.4 Å². The minimum atomic E-state index is -0.893. The summed E-state index contributed by atoms with van der Waals surface area (Å²) in [6, 6.07) is 15.2. The van der Waals surface area contributed by atoms with Gasteiger partial charge in [0.2, 0.25) is 5.91 Å². The van der Waals surface area contributed by atoms with Gasteiger partial charge in [0, 0.05) is 33.0 Å². The number of hydrogen-bond donors (Lipinski definition) is 2. The first-order valence-electron chi connectivity index (χ1n) is 11.0. The molecule has 0 heterocycles. The summed E-state index contributed by atoms with van der Waals surface area (Å²) in [4.78, 5) is 37.4. The molecule has 8 nitrogen and oxygen atoms in total. The lowest BCUT2D eigenvalue weighted by Gasteiger charge is -2.24. The van der Waals surface area contributed by atoms with E-state index < -0.39 is 18.1 Å². The molecule has 0 radical (unpaired) electrons. The van der Waals surface area contributed by atoms with Crippen molar-refractivity contribution in [2.75, 3.05) is 33.9 Å². The van der Waals surface area contributed by atoms with Crippen LogP contribution in [0.3, 0.4) is 0 Å². The molecule has 0 bridgehead atoms. The normalized spacial score (nSPS) is 13.0. The van der Waals surface area contributed by atoms with Crippen LogP contribution in [-0.4, -0.2) is 67.9 Å². The highest BCUT2D eigenvalue weighted by Gasteiger charge is 2.30. The van der Waals surface area contributed by atoms with Crippen molar-refractivity contribution in [3.63, 3.8) is 0 Å². The molecule has 2 N–H and O–H groups in total. The van der Waals surface area contributed by atoms with E-state index >= 15 is 0 Å². The van der Waals surface area contributed by atoms with Crippen LogP contribution in [0, 0.1) is 0 Å². The fourth-order valence-corrected chi connectivity index (χ4v) is 4.13. The van der Waals surface area contributed by atoms with E-state index in [0.717, 1.165) is 22.3 Å². The molecule has 1 aliphatic carbocycles. The molecular weight excluding hydrogens is 424 g/mol. The standard InChI is InChI=1S/C25H30N2O6/c1-27(14-8-7-13-23(28)29)24(30)22(16-32-2)26-25(31)33-15-21-19-11-5-3-9-17(19)18-10-4-6-12-20(18)21/h3-6,9-12,21-22H,7-8,13-16H2,1-2H3,(H,26,31)(H,28,29). The number of carboxylic acid groups (broad SMARTS) is 1. The number of carbonyl (C=O) groups is 3. The molecule has 0 fully saturated rings. The maximum absolute atomic E-state index is 12.7. The van der Waals surface area contributed by atoms with Crippen molar-refractivity contribution < 1.29 is 29.0 Å². The molecule has 1 atom stereocenters. The summed E-state index contributed by atoms with van der Waals surface area (Å²) >= 11 is 0. The minimum Gasteiger partial charge on any atom is -0.481 e. The molecule has 3 rings (SSSR count). The monoisotopic (exact) mass is 454 g/mol. The first-order chi connectivity index (χ1) is 15.9. The van der Waals surface area contributed by atoms with E-state index in [9.17, 15) is 14.4 Å². The van der Waals surface area contributed by atoms with Crippen LogP contribution in [0.5, 0.6) is 0 Å². The average Bonchev–Trinajstić information content (AvgIpc) is 3.13. The summed E-state index contributed by atoms with van der Waals surface area (Å²) in [6.07, 6.45) is 0.397. The van der Waals surface area contributed by atoms with Gasteiger partial charge in [-0.1, -0.05) is 48.5 Å². The van der Waals surface area contributed by atoms with Crippen molar-refractivity contribution in [3.8, 4) is 11.1 Å². The van der Waals surface area contributed by atoms with Crippen molar-refractivity contribution in [2.45, 2.75) is 31.2 Å². The predicted octanol–water partition coefficient (Wildman–Crippen LogP) is 3.25. The van der Waals surface area contributed by atoms with E-state index in [2.05, 4.69) is 17.4 Å². The molecule has 8 heteroatoms. The van der Waals surface area contributed by atoms with Gasteiger partial charge in [0.1, 0.15) is 12.6 Å². The molecular formula is C25H30N2O6. The molecule has 33 heavy (non-hydrogen) atoms. The molecule has 2 aromatic carbocycles. The Balaban J connectivity index is 1.57. The van der Waals surface area contributed by atoms with Crippen LogP contribution in [0.25, 0.3) is 11.1 Å². The first kappa shape index (κ1) is 24.3. The molecule has 0 aromatic heterocycles. The van der Waals surface area contributed by atoms with Crippen LogP contribution in [0.4, 0.5) is 4.79 Å². The lowest BCUT2D eigenvalue weighted by atomic mass is 9.98. The Morgan fingerprint density at radius 3 is 2.21 bits per heavy atom. The Morgan fingerprint density at radius 1 is 1.03 bits per heavy atom. The van der Waals surface area contributed by atoms with E-state index in [-0.39, 0.29) is 31.5 Å². The number of aliphatic carboxylic acids is 1. The molecule has 0 saturated carbocycles. The molecule has 176 valence electrons. The van der Waals surface area contributed by atoms with Crippen molar-refractivity contribution in [2.24, 2.45) is 0 Å². The lowest BCUT2D eigenvalue weighted by molar-refractivity contribution is -0.137. The molecule has 2 aromatic rings. The third-order valence-corrected chi connectivity index (χ3v) is 5.78. The van der Waals surface area contributed by atoms with Crippen LogP contribution in [-0.2, 0) is 19.1 Å². The number of likely N-dealkylation sites (N-methyl/N-ethyl adjacent to an activating group) is 1. The Morgan fingerprint density at radius 2 is 1.64 bits per heavy atom. The van der Waals surface area contributed by atoms with Gasteiger partial charge in [-0.25, -0.2) is 4.79 Å². The number of methoxy groups -OCH3 is 1. The fraction of sp³-hybridized carbons (Fsp3) is 0.400. The van der Waals surface area contributed by atoms with Crippen LogP contribution in [0.2, 0.25) is 0 Å². The third kappa shape index (κ3) is 6.10. The van der Waals surface area contributed by atoms with Crippen molar-refractivity contribution in [3.05, 3.63) is 59.7 Å². The molecule has 0 saturated heterocycles. The van der Waals surface area contributed by atoms with Gasteiger partial charge >= 0.3 is 12.1 Å². The maximum atomic E-state index is 12.7. The smallest absolute Gasteiger partial charge is 0.407 e. The van der Waals surface area contributed by atoms with Gasteiger partial charge < -0.3 is 24.8 Å². The first-order valence-corrected chi connectivity index (χ1v) is 11.0. The summed E-state index contributed by atoms with van der Waals surface area (Å²) in [5.74, 6) is -1.25. The summed E-state index contributed by atoms with van der Waals surface area (Å²) in [5, 5.41) is 11.3. The average molecular weight is 455 g/mol. The molecule has 1 unspecified atom stereocenters. The Hall–Kier alpha value is -3.39. The second kappa shape index (κ2) is 11.5. The highest BCUT2D eigenvalue weighted by atomic mass is 16.5. The van der Waals surface area contributed by atoms with E-state index in [1.54, 1.807) is 7.05 Å². The molecule has 1 aliphatic rings. The predicted molar refractivity (Wildman–Crippen MR) is 123 cm³/mol. The summed E-state index contributed by atoms with van der Waals surface area (Å²) in [6.45, 7) is 0.542. The summed E-state index contributed by atoms with van der Waals surface area (Å²) in [5.41, 5.74) is 4.49. The molecule has 0 aliphatic heterocycles. The third-order valence-electron chi connectivity index (χ3n) is 5.78. The van der Waals surface area contributed by atoms with E-state index in [1.807, 2.05) is 36.4 Å². The van der Waals surface area contributed by atoms with Crippen LogP contribution in [0.1, 0.15) is 36.3 Å². The lowest BCUT2D eigenvalue weighted by Crippen LogP contribution is -2.50. The SMILES string of the molecule is COCC(NC(=O)OCC1c2ccccc2-c2ccccc21)C(=O)N(C)CCCCC(=O)O. The Kier molecular flexibility index (Phi) is 8.43. The highest BCUT2D eigenvalue weighted by Crippen LogP contribution is 2.44. The van der Waals surface area contributed by atoms with Crippen LogP contribution >= 0.6 is 0 Å². The van der Waals surface area contributed by atoms with Gasteiger partial charge in [-0.05, 0) is 35.1 Å². The van der Waals surface area contributed by atoms with Gasteiger partial charge in [0.15, 0.2) is 0 Å². The number of ether oxygens (including phenoxy) is 2. The largest absolute Gasteiger partial charge is 0.481 e. The van der Waals surface area contributed by atoms with Gasteiger partial charge in [-0.15, -0.1) is 0 Å². The summed E-state index contributed by atoms with van der Waals surface area (Å²) < 4.78 is 10.6. The number of carbonyl (C=O) groups excluding carboxylic acids is 2. The van der Waals surface area contributed by atoms with Crippen LogP contribution < -0.4 is 5.32 Å². The Labute approximate surface area is 193 Å². The second-order valence-corrected chi connectivity index (χ2v) is 8.09. The van der Waals surface area contributed by atoms with Gasteiger partial charge in [-0.2, -0.15) is 0 Å². The molecule has 2 amide bonds. The van der Waals surface area contributed by atoms with Gasteiger partial charge in [-0.3, -0.25) is 9.59 Å². The highest BCUT2D eigenvalue weighted by molar-refractivity contribution is 5.86. The molecule has 0 spiro atoms. The fourth-order valence-electron chi connectivity index (χ4n) is 4.13. The number of fused-ring (bicyclic) bond motifs is 3. The van der Waals surface area contributed by atoms with Crippen molar-refractivity contribution >= 4 is 18.0 Å². The number of hydrogen-bond acceptors (Lipinski definition) is 5. The van der Waals surface area contributed by atoms with Crippen molar-refractivity contribution in [1.29, 1.82) is 0 Å². The number of carboxylic acids is 1. The minimum absolute atomic E-state index is 0.00247. The number of benzene rings is 2. The number of unbranched alkanes of at least 4 members (excludes halogenated alkanes) is 1. The van der Waals surface area contributed by atoms with Gasteiger partial charge in [0.25, 0.3) is 0 Å². The van der Waals surface area contributed by atoms with E-state index in [1.165, 1.54) is 12.0 Å². The number of rotatable bonds is 11. The zero-order valence-electron chi connectivity index (χ0n) is 19.0. The van der Waals surface area contributed by atoms with Gasteiger partial charge in [0.05, 0.1) is 6.61 Å². The van der Waals surface area contributed by atoms with Crippen molar-refractivity contribution in [1.82, 2.24) is 10.2 Å². The second-order valence-electron chi connectivity index (χ2n) is 8.09. The zero-order valence-corrected chi connectivity index (χ0v) is 19.0. The quantitative estimate of drug-likeness (QED) is 0.505. The number of alkyl carbamates (subject to hydrolysis) is 1. The Bertz CT molecular complexity index is 947. The topological polar surface area (TPSA) is 105 Å². The zero-order chi connectivity index (χ0) is 23.8. The maximum Gasteiger partial charge on any atom is 0.407 e. The summed E-state index contributed by atoms with van der Waals surface area (Å²) in [7, 11) is 3.07. The number of nitrogens with one attached hydrogen (secondary N) is 1. The van der Waals surface area contributed by atoms with Crippen LogP contribution in [0.15, 0.2) is 48.5 Å². The number of amides is 2.